The molecule has 2 unspecified atom stereocenters. The fourth-order valence-corrected chi connectivity index (χ4v) is 4.87. The lowest BCUT2D eigenvalue weighted by Crippen LogP contribution is -2.56. The van der Waals surface area contributed by atoms with Gasteiger partial charge in [0.1, 0.15) is 11.7 Å². The molecule has 40 heavy (non-hydrogen) atoms. The van der Waals surface area contributed by atoms with Gasteiger partial charge in [0.2, 0.25) is 5.91 Å². The van der Waals surface area contributed by atoms with Crippen molar-refractivity contribution in [2.24, 2.45) is 0 Å². The van der Waals surface area contributed by atoms with E-state index in [1.54, 1.807) is 23.0 Å². The molecule has 2 N–H and O–H groups in total. The monoisotopic (exact) mass is 553 g/mol. The van der Waals surface area contributed by atoms with Crippen LogP contribution in [0.25, 0.3) is 11.3 Å². The highest BCUT2D eigenvalue weighted by molar-refractivity contribution is 5.97. The lowest BCUT2D eigenvalue weighted by Gasteiger charge is -2.35. The number of nitrogens with one attached hydrogen (secondary N) is 1. The molecule has 2 aromatic rings. The summed E-state index contributed by atoms with van der Waals surface area (Å²) in [7, 11) is 1.69. The van der Waals surface area contributed by atoms with E-state index in [1.165, 1.54) is 0 Å². The zero-order valence-electron chi connectivity index (χ0n) is 23.3. The number of nitrogens with zero attached hydrogens (tertiary/aromatic N) is 4. The smallest absolute Gasteiger partial charge is 0.409 e. The molecule has 1 aromatic heterocycles. The van der Waals surface area contributed by atoms with E-state index >= 15 is 0 Å². The number of hydrogen-bond donors (Lipinski definition) is 2. The number of anilines is 1. The molecule has 2 fully saturated rings. The van der Waals surface area contributed by atoms with E-state index in [2.05, 4.69) is 15.2 Å². The summed E-state index contributed by atoms with van der Waals surface area (Å²) in [6, 6.07) is 12.1. The minimum atomic E-state index is -1.13. The van der Waals surface area contributed by atoms with Crippen LogP contribution in [0.2, 0.25) is 0 Å². The molecule has 216 valence electrons. The average Bonchev–Trinajstić information content (AvgIpc) is 3.49. The lowest BCUT2D eigenvalue weighted by molar-refractivity contribution is -0.135. The van der Waals surface area contributed by atoms with Crippen LogP contribution in [0.1, 0.15) is 36.7 Å². The van der Waals surface area contributed by atoms with Crippen molar-refractivity contribution in [1.82, 2.24) is 20.1 Å². The molecule has 1 aromatic carbocycles. The normalized spacial score (nSPS) is 18.0. The lowest BCUT2D eigenvalue weighted by atomic mass is 10.1. The van der Waals surface area contributed by atoms with E-state index in [0.29, 0.717) is 31.9 Å². The van der Waals surface area contributed by atoms with Crippen molar-refractivity contribution in [3.05, 3.63) is 48.2 Å². The van der Waals surface area contributed by atoms with Gasteiger partial charge >= 0.3 is 6.09 Å². The third-order valence-corrected chi connectivity index (χ3v) is 7.31. The van der Waals surface area contributed by atoms with E-state index in [0.717, 1.165) is 37.1 Å². The number of benzene rings is 1. The molecule has 0 bridgehead atoms. The Balaban J connectivity index is 1.44. The van der Waals surface area contributed by atoms with E-state index in [-0.39, 0.29) is 31.0 Å². The van der Waals surface area contributed by atoms with E-state index in [1.807, 2.05) is 43.3 Å². The molecule has 11 nitrogen and oxygen atoms in total. The number of piperazine rings is 1. The van der Waals surface area contributed by atoms with E-state index in [9.17, 15) is 19.5 Å². The summed E-state index contributed by atoms with van der Waals surface area (Å²) in [5.74, 6) is -0.955. The maximum absolute atomic E-state index is 13.4. The number of hydrogen-bond acceptors (Lipinski definition) is 8. The standard InChI is InChI=1S/C29H39N5O6/c1-3-4-16-40-29(38)33-14-12-32(13-15-33)28(37)26(20-35)31-27(36)25-18-22(34-11-10-23(19-34)39-2)17-24(30-25)21-8-6-5-7-9-21/h5-9,17-18,23,26,35H,3-4,10-16,19-20H2,1-2H3,(H,31,36). The molecule has 0 saturated carbocycles. The first-order valence-corrected chi connectivity index (χ1v) is 13.9. The van der Waals surface area contributed by atoms with Crippen molar-refractivity contribution >= 4 is 23.6 Å². The van der Waals surface area contributed by atoms with Crippen molar-refractivity contribution in [3.63, 3.8) is 0 Å². The predicted molar refractivity (Wildman–Crippen MR) is 150 cm³/mol. The highest BCUT2D eigenvalue weighted by atomic mass is 16.6. The Labute approximate surface area is 235 Å². The largest absolute Gasteiger partial charge is 0.449 e. The Hall–Kier alpha value is -3.70. The molecule has 4 rings (SSSR count). The summed E-state index contributed by atoms with van der Waals surface area (Å²) in [4.78, 5) is 48.6. The van der Waals surface area contributed by atoms with Gasteiger partial charge in [0.15, 0.2) is 0 Å². The summed E-state index contributed by atoms with van der Waals surface area (Å²) >= 11 is 0. The zero-order valence-corrected chi connectivity index (χ0v) is 23.3. The average molecular weight is 554 g/mol. The van der Waals surface area contributed by atoms with Crippen molar-refractivity contribution in [2.75, 3.05) is 64.5 Å². The van der Waals surface area contributed by atoms with Crippen LogP contribution in [0, 0.1) is 0 Å². The van der Waals surface area contributed by atoms with Crippen molar-refractivity contribution < 1.29 is 29.0 Å². The number of amides is 3. The molecule has 2 saturated heterocycles. The number of unbranched alkanes of at least 4 members (excludes halogenated alkanes) is 1. The Morgan fingerprint density at radius 2 is 1.80 bits per heavy atom. The topological polar surface area (TPSA) is 125 Å². The van der Waals surface area contributed by atoms with E-state index in [4.69, 9.17) is 9.47 Å². The highest BCUT2D eigenvalue weighted by Crippen LogP contribution is 2.27. The van der Waals surface area contributed by atoms with Gasteiger partial charge in [-0.15, -0.1) is 0 Å². The van der Waals surface area contributed by atoms with Gasteiger partial charge in [0.25, 0.3) is 5.91 Å². The Kier molecular flexibility index (Phi) is 10.3. The first-order chi connectivity index (χ1) is 19.4. The third-order valence-electron chi connectivity index (χ3n) is 7.31. The predicted octanol–water partition coefficient (Wildman–Crippen LogP) is 2.15. The van der Waals surface area contributed by atoms with Gasteiger partial charge in [-0.2, -0.15) is 0 Å². The first kappa shape index (κ1) is 29.3. The quantitative estimate of drug-likeness (QED) is 0.429. The molecule has 2 aliphatic rings. The number of carbonyl (C=O) groups excluding carboxylic acids is 3. The second-order valence-corrected chi connectivity index (χ2v) is 10.0. The van der Waals surface area contributed by atoms with Gasteiger partial charge in [-0.1, -0.05) is 43.7 Å². The van der Waals surface area contributed by atoms with Crippen LogP contribution in [-0.2, 0) is 14.3 Å². The van der Waals surface area contributed by atoms with Crippen LogP contribution < -0.4 is 10.2 Å². The van der Waals surface area contributed by atoms with Gasteiger partial charge < -0.3 is 34.6 Å². The van der Waals surface area contributed by atoms with Crippen LogP contribution in [0.5, 0.6) is 0 Å². The number of ether oxygens (including phenoxy) is 2. The number of methoxy groups -OCH3 is 1. The van der Waals surface area contributed by atoms with Crippen LogP contribution in [0.3, 0.4) is 0 Å². The number of pyridine rings is 1. The van der Waals surface area contributed by atoms with Gasteiger partial charge in [0.05, 0.1) is 25.0 Å². The Morgan fingerprint density at radius 1 is 1.07 bits per heavy atom. The molecule has 3 heterocycles. The third kappa shape index (κ3) is 7.28. The SMILES string of the molecule is CCCCOC(=O)N1CCN(C(=O)C(CO)NC(=O)c2cc(N3CCC(OC)C3)cc(-c3ccccc3)n2)CC1. The fraction of sp³-hybridized carbons (Fsp3) is 0.517. The molecule has 2 aliphatic heterocycles. The molecule has 3 amide bonds. The molecule has 11 heteroatoms. The summed E-state index contributed by atoms with van der Waals surface area (Å²) in [5.41, 5.74) is 2.50. The van der Waals surface area contributed by atoms with Crippen LogP contribution in [0.15, 0.2) is 42.5 Å². The van der Waals surface area contributed by atoms with Gasteiger partial charge in [-0.3, -0.25) is 9.59 Å². The maximum Gasteiger partial charge on any atom is 0.409 e. The van der Waals surface area contributed by atoms with Crippen LogP contribution >= 0.6 is 0 Å². The maximum atomic E-state index is 13.4. The number of aliphatic hydroxyl groups excluding tert-OH is 1. The van der Waals surface area contributed by atoms with Gasteiger partial charge in [0, 0.05) is 57.6 Å². The Morgan fingerprint density at radius 3 is 2.45 bits per heavy atom. The number of rotatable bonds is 10. The summed E-state index contributed by atoms with van der Waals surface area (Å²) in [5, 5.41) is 12.7. The van der Waals surface area contributed by atoms with Crippen molar-refractivity contribution in [1.29, 1.82) is 0 Å². The molecular weight excluding hydrogens is 514 g/mol. The van der Waals surface area contributed by atoms with Crippen molar-refractivity contribution in [2.45, 2.75) is 38.3 Å². The minimum Gasteiger partial charge on any atom is -0.449 e. The highest BCUT2D eigenvalue weighted by Gasteiger charge is 2.31. The van der Waals surface area contributed by atoms with Gasteiger partial charge in [-0.05, 0) is 25.0 Å². The number of aliphatic hydroxyl groups is 1. The summed E-state index contributed by atoms with van der Waals surface area (Å²) in [6.45, 7) is 4.55. The molecule has 2 atom stereocenters. The minimum absolute atomic E-state index is 0.112. The van der Waals surface area contributed by atoms with Crippen molar-refractivity contribution in [3.8, 4) is 11.3 Å². The second-order valence-electron chi connectivity index (χ2n) is 10.0. The van der Waals surface area contributed by atoms with E-state index < -0.39 is 24.5 Å². The summed E-state index contributed by atoms with van der Waals surface area (Å²) in [6.07, 6.45) is 2.34. The van der Waals surface area contributed by atoms with Crippen LogP contribution in [0.4, 0.5) is 10.5 Å². The molecule has 0 radical (unpaired) electrons. The van der Waals surface area contributed by atoms with Gasteiger partial charge in [-0.25, -0.2) is 9.78 Å². The number of carbonyl (C=O) groups is 3. The molecular formula is C29H39N5O6. The summed E-state index contributed by atoms with van der Waals surface area (Å²) < 4.78 is 10.8. The Bertz CT molecular complexity index is 1150. The number of aromatic nitrogens is 1. The first-order valence-electron chi connectivity index (χ1n) is 13.9. The fourth-order valence-electron chi connectivity index (χ4n) is 4.87. The van der Waals surface area contributed by atoms with Crippen LogP contribution in [-0.4, -0.2) is 110 Å². The zero-order chi connectivity index (χ0) is 28.5. The second kappa shape index (κ2) is 14.1. The molecule has 0 spiro atoms. The molecule has 0 aliphatic carbocycles.